The van der Waals surface area contributed by atoms with Crippen LogP contribution < -0.4 is 0 Å². The molecule has 1 fully saturated rings. The number of pyridine rings is 1. The van der Waals surface area contributed by atoms with Gasteiger partial charge in [0.1, 0.15) is 5.60 Å². The molecule has 122 valence electrons. The largest absolute Gasteiger partial charge is 0.444 e. The third-order valence-electron chi connectivity index (χ3n) is 3.41. The second-order valence-corrected chi connectivity index (χ2v) is 8.19. The van der Waals surface area contributed by atoms with E-state index in [1.807, 2.05) is 32.9 Å². The Balaban J connectivity index is 1.79. The molecule has 2 atom stereocenters. The van der Waals surface area contributed by atoms with Gasteiger partial charge in [0, 0.05) is 42.0 Å². The van der Waals surface area contributed by atoms with E-state index in [4.69, 9.17) is 4.74 Å². The first-order valence-corrected chi connectivity index (χ1v) is 9.04. The van der Waals surface area contributed by atoms with Gasteiger partial charge in [0.25, 0.3) is 0 Å². The molecule has 0 unspecified atom stereocenters. The highest BCUT2D eigenvalue weighted by atomic mass is 32.2. The number of carbonyl (C=O) groups is 1. The minimum Gasteiger partial charge on any atom is -0.444 e. The second-order valence-electron chi connectivity index (χ2n) is 6.69. The van der Waals surface area contributed by atoms with Crippen LogP contribution in [0.1, 0.15) is 32.8 Å². The van der Waals surface area contributed by atoms with Crippen LogP contribution >= 0.6 is 0 Å². The van der Waals surface area contributed by atoms with E-state index in [9.17, 15) is 9.00 Å². The molecule has 0 aromatic carbocycles. The van der Waals surface area contributed by atoms with Crippen LogP contribution in [0.3, 0.4) is 0 Å². The first-order chi connectivity index (χ1) is 10.3. The van der Waals surface area contributed by atoms with Gasteiger partial charge in [-0.15, -0.1) is 0 Å². The topological polar surface area (TPSA) is 59.5 Å². The number of nitrogens with zero attached hydrogens (tertiary/aromatic N) is 2. The standard InChI is InChI=1S/C16H24N2O3S/c1-16(2,3)21-15(19)18-8-6-14(10-18)12-22(20)11-13-5-4-7-17-9-13/h4-5,7,9,14H,6,8,10-12H2,1-3H3/t14-,22-/m1/s1. The van der Waals surface area contributed by atoms with Gasteiger partial charge >= 0.3 is 6.09 Å². The minimum absolute atomic E-state index is 0.270. The summed E-state index contributed by atoms with van der Waals surface area (Å²) in [5.41, 5.74) is 0.515. The average molecular weight is 324 g/mol. The van der Waals surface area contributed by atoms with Crippen molar-refractivity contribution in [2.45, 2.75) is 38.5 Å². The van der Waals surface area contributed by atoms with Gasteiger partial charge in [0.15, 0.2) is 0 Å². The summed E-state index contributed by atoms with van der Waals surface area (Å²) in [5.74, 6) is 1.43. The Hall–Kier alpha value is -1.43. The Kier molecular flexibility index (Phi) is 5.56. The quantitative estimate of drug-likeness (QED) is 0.854. The molecule has 0 radical (unpaired) electrons. The Morgan fingerprint density at radius 2 is 2.27 bits per heavy atom. The molecule has 1 aromatic heterocycles. The van der Waals surface area contributed by atoms with E-state index in [1.54, 1.807) is 17.3 Å². The van der Waals surface area contributed by atoms with Crippen LogP contribution in [-0.2, 0) is 21.3 Å². The van der Waals surface area contributed by atoms with Crippen molar-refractivity contribution in [3.05, 3.63) is 30.1 Å². The normalized spacial score (nSPS) is 20.0. The van der Waals surface area contributed by atoms with Crippen molar-refractivity contribution in [2.24, 2.45) is 5.92 Å². The smallest absolute Gasteiger partial charge is 0.410 e. The summed E-state index contributed by atoms with van der Waals surface area (Å²) in [7, 11) is -0.927. The Labute approximate surface area is 134 Å². The number of amides is 1. The first-order valence-electron chi connectivity index (χ1n) is 7.55. The Morgan fingerprint density at radius 1 is 1.50 bits per heavy atom. The number of hydrogen-bond donors (Lipinski definition) is 0. The summed E-state index contributed by atoms with van der Waals surface area (Å²) in [6, 6.07) is 3.79. The van der Waals surface area contributed by atoms with Crippen molar-refractivity contribution in [1.82, 2.24) is 9.88 Å². The average Bonchev–Trinajstić information content (AvgIpc) is 2.86. The zero-order valence-corrected chi connectivity index (χ0v) is 14.3. The lowest BCUT2D eigenvalue weighted by molar-refractivity contribution is 0.0289. The molecule has 0 spiro atoms. The molecule has 1 aromatic rings. The van der Waals surface area contributed by atoms with Crippen molar-refractivity contribution in [3.63, 3.8) is 0 Å². The van der Waals surface area contributed by atoms with Crippen LogP contribution in [0, 0.1) is 5.92 Å². The van der Waals surface area contributed by atoms with Crippen LogP contribution in [-0.4, -0.2) is 44.6 Å². The lowest BCUT2D eigenvalue weighted by Crippen LogP contribution is -2.35. The molecule has 0 aliphatic carbocycles. The third-order valence-corrected chi connectivity index (χ3v) is 4.91. The molecule has 22 heavy (non-hydrogen) atoms. The summed E-state index contributed by atoms with van der Waals surface area (Å²) >= 11 is 0. The van der Waals surface area contributed by atoms with Gasteiger partial charge in [-0.3, -0.25) is 9.19 Å². The fraction of sp³-hybridized carbons (Fsp3) is 0.625. The highest BCUT2D eigenvalue weighted by Gasteiger charge is 2.30. The molecule has 5 nitrogen and oxygen atoms in total. The van der Waals surface area contributed by atoms with Gasteiger partial charge < -0.3 is 9.64 Å². The number of hydrogen-bond acceptors (Lipinski definition) is 4. The molecular formula is C16H24N2O3S. The number of likely N-dealkylation sites (tertiary alicyclic amines) is 1. The summed E-state index contributed by atoms with van der Waals surface area (Å²) in [4.78, 5) is 17.8. The van der Waals surface area contributed by atoms with Crippen LogP contribution in [0.5, 0.6) is 0 Å². The van der Waals surface area contributed by atoms with Gasteiger partial charge in [0.05, 0.1) is 5.75 Å². The summed E-state index contributed by atoms with van der Waals surface area (Å²) in [6.45, 7) is 6.90. The predicted molar refractivity (Wildman–Crippen MR) is 86.9 cm³/mol. The van der Waals surface area contributed by atoms with Crippen LogP contribution in [0.25, 0.3) is 0 Å². The number of ether oxygens (including phenoxy) is 1. The van der Waals surface area contributed by atoms with E-state index < -0.39 is 16.4 Å². The zero-order valence-electron chi connectivity index (χ0n) is 13.4. The van der Waals surface area contributed by atoms with E-state index in [0.717, 1.165) is 12.0 Å². The first kappa shape index (κ1) is 16.9. The van der Waals surface area contributed by atoms with E-state index in [0.29, 0.717) is 24.6 Å². The highest BCUT2D eigenvalue weighted by Crippen LogP contribution is 2.21. The molecule has 2 rings (SSSR count). The molecule has 0 N–H and O–H groups in total. The van der Waals surface area contributed by atoms with E-state index in [1.165, 1.54) is 0 Å². The lowest BCUT2D eigenvalue weighted by atomic mass is 10.2. The van der Waals surface area contributed by atoms with E-state index in [-0.39, 0.29) is 12.0 Å². The Morgan fingerprint density at radius 3 is 2.91 bits per heavy atom. The summed E-state index contributed by atoms with van der Waals surface area (Å²) < 4.78 is 17.6. The van der Waals surface area contributed by atoms with Gasteiger partial charge in [-0.1, -0.05) is 6.07 Å². The van der Waals surface area contributed by atoms with Crippen molar-refractivity contribution >= 4 is 16.9 Å². The van der Waals surface area contributed by atoms with Crippen molar-refractivity contribution in [1.29, 1.82) is 0 Å². The van der Waals surface area contributed by atoms with Gasteiger partial charge in [-0.25, -0.2) is 4.79 Å². The van der Waals surface area contributed by atoms with Crippen LogP contribution in [0.4, 0.5) is 4.79 Å². The van der Waals surface area contributed by atoms with Gasteiger partial charge in [-0.2, -0.15) is 0 Å². The van der Waals surface area contributed by atoms with Crippen LogP contribution in [0.2, 0.25) is 0 Å². The maximum Gasteiger partial charge on any atom is 0.410 e. The number of carbonyl (C=O) groups excluding carboxylic acids is 1. The van der Waals surface area contributed by atoms with E-state index in [2.05, 4.69) is 4.98 Å². The second kappa shape index (κ2) is 7.22. The van der Waals surface area contributed by atoms with Crippen molar-refractivity contribution in [3.8, 4) is 0 Å². The molecule has 0 saturated carbocycles. The zero-order chi connectivity index (χ0) is 16.2. The fourth-order valence-corrected chi connectivity index (χ4v) is 3.91. The van der Waals surface area contributed by atoms with Gasteiger partial charge in [-0.05, 0) is 44.7 Å². The fourth-order valence-electron chi connectivity index (χ4n) is 2.45. The molecule has 6 heteroatoms. The minimum atomic E-state index is -0.927. The molecule has 1 aliphatic heterocycles. The van der Waals surface area contributed by atoms with Crippen molar-refractivity contribution < 1.29 is 13.7 Å². The SMILES string of the molecule is CC(C)(C)OC(=O)N1CC[C@@H](C[S@](=O)Cc2cccnc2)C1. The molecule has 1 amide bonds. The maximum atomic E-state index is 12.2. The Bertz CT molecular complexity index is 528. The van der Waals surface area contributed by atoms with E-state index >= 15 is 0 Å². The predicted octanol–water partition coefficient (Wildman–Crippen LogP) is 2.59. The third kappa shape index (κ3) is 5.40. The molecule has 2 heterocycles. The monoisotopic (exact) mass is 324 g/mol. The molecule has 1 aliphatic rings. The number of rotatable bonds is 4. The van der Waals surface area contributed by atoms with Gasteiger partial charge in [0.2, 0.25) is 0 Å². The molecule has 0 bridgehead atoms. The maximum absolute atomic E-state index is 12.2. The summed E-state index contributed by atoms with van der Waals surface area (Å²) in [5, 5.41) is 0. The lowest BCUT2D eigenvalue weighted by Gasteiger charge is -2.24. The van der Waals surface area contributed by atoms with Crippen molar-refractivity contribution in [2.75, 3.05) is 18.8 Å². The molecule has 1 saturated heterocycles. The summed E-state index contributed by atoms with van der Waals surface area (Å²) in [6.07, 6.45) is 4.08. The van der Waals surface area contributed by atoms with Crippen LogP contribution in [0.15, 0.2) is 24.5 Å². The number of aromatic nitrogens is 1. The highest BCUT2D eigenvalue weighted by molar-refractivity contribution is 7.84. The molecular weight excluding hydrogens is 300 g/mol.